The molecule has 1 heterocycles. The molecule has 0 spiro atoms. The van der Waals surface area contributed by atoms with Crippen molar-refractivity contribution in [2.24, 2.45) is 0 Å². The van der Waals surface area contributed by atoms with E-state index >= 15 is 0 Å². The molecule has 1 aromatic rings. The van der Waals surface area contributed by atoms with Gasteiger partial charge in [0.1, 0.15) is 5.75 Å². The first kappa shape index (κ1) is 14.2. The Bertz CT molecular complexity index is 490. The fourth-order valence-corrected chi connectivity index (χ4v) is 2.60. The Kier molecular flexibility index (Phi) is 4.32. The number of nitrogens with one attached hydrogen (secondary N) is 1. The summed E-state index contributed by atoms with van der Waals surface area (Å²) in [5.74, 6) is 0.522. The quantitative estimate of drug-likeness (QED) is 0.897. The van der Waals surface area contributed by atoms with Gasteiger partial charge in [-0.25, -0.2) is 0 Å². The highest BCUT2D eigenvalue weighted by Crippen LogP contribution is 2.40. The molecule has 0 aliphatic carbocycles. The van der Waals surface area contributed by atoms with Crippen LogP contribution in [0.3, 0.4) is 0 Å². The predicted octanol–water partition coefficient (Wildman–Crippen LogP) is 2.74. The SMILES string of the molecule is CCC(O)c1cc(Cl)c2c(c1)C(NC(C)=O)CCO2. The van der Waals surface area contributed by atoms with Gasteiger partial charge in [0, 0.05) is 18.9 Å². The van der Waals surface area contributed by atoms with Crippen molar-refractivity contribution in [3.05, 3.63) is 28.3 Å². The highest BCUT2D eigenvalue weighted by Gasteiger charge is 2.25. The molecule has 2 rings (SSSR count). The molecule has 0 aromatic heterocycles. The second-order valence-corrected chi connectivity index (χ2v) is 5.14. The number of amides is 1. The van der Waals surface area contributed by atoms with E-state index in [-0.39, 0.29) is 11.9 Å². The highest BCUT2D eigenvalue weighted by atomic mass is 35.5. The second-order valence-electron chi connectivity index (χ2n) is 4.74. The summed E-state index contributed by atoms with van der Waals surface area (Å²) in [6.45, 7) is 3.91. The standard InChI is InChI=1S/C14H18ClNO3/c1-3-13(18)9-6-10-12(16-8(2)17)4-5-19-14(10)11(15)7-9/h6-7,12-13,18H,3-5H2,1-2H3,(H,16,17). The van der Waals surface area contributed by atoms with Crippen molar-refractivity contribution in [1.82, 2.24) is 5.32 Å². The van der Waals surface area contributed by atoms with Gasteiger partial charge < -0.3 is 15.2 Å². The minimum absolute atomic E-state index is 0.0876. The van der Waals surface area contributed by atoms with Crippen LogP contribution in [0.15, 0.2) is 12.1 Å². The molecule has 0 saturated heterocycles. The fourth-order valence-electron chi connectivity index (χ4n) is 2.31. The van der Waals surface area contributed by atoms with Crippen molar-refractivity contribution in [2.45, 2.75) is 38.8 Å². The Hall–Kier alpha value is -1.26. The number of aliphatic hydroxyl groups is 1. The Labute approximate surface area is 117 Å². The van der Waals surface area contributed by atoms with E-state index in [1.165, 1.54) is 6.92 Å². The normalized spacial score (nSPS) is 19.3. The number of hydrogen-bond donors (Lipinski definition) is 2. The first-order valence-electron chi connectivity index (χ1n) is 6.44. The smallest absolute Gasteiger partial charge is 0.217 e. The van der Waals surface area contributed by atoms with Crippen molar-refractivity contribution >= 4 is 17.5 Å². The van der Waals surface area contributed by atoms with E-state index < -0.39 is 6.10 Å². The third-order valence-corrected chi connectivity index (χ3v) is 3.55. The van der Waals surface area contributed by atoms with Crippen LogP contribution in [0.1, 0.15) is 50.0 Å². The maximum Gasteiger partial charge on any atom is 0.217 e. The van der Waals surface area contributed by atoms with Gasteiger partial charge in [0.15, 0.2) is 0 Å². The second kappa shape index (κ2) is 5.80. The van der Waals surface area contributed by atoms with Crippen molar-refractivity contribution < 1.29 is 14.6 Å². The Balaban J connectivity index is 2.42. The first-order chi connectivity index (χ1) is 9.02. The lowest BCUT2D eigenvalue weighted by atomic mass is 9.95. The Morgan fingerprint density at radius 3 is 3.00 bits per heavy atom. The zero-order valence-corrected chi connectivity index (χ0v) is 11.8. The van der Waals surface area contributed by atoms with E-state index in [0.717, 1.165) is 11.1 Å². The van der Waals surface area contributed by atoms with Gasteiger partial charge in [-0.05, 0) is 24.1 Å². The Morgan fingerprint density at radius 1 is 1.63 bits per heavy atom. The van der Waals surface area contributed by atoms with Crippen LogP contribution >= 0.6 is 11.6 Å². The number of hydrogen-bond acceptors (Lipinski definition) is 3. The molecular formula is C14H18ClNO3. The molecule has 2 unspecified atom stereocenters. The fraction of sp³-hybridized carbons (Fsp3) is 0.500. The summed E-state index contributed by atoms with van der Waals surface area (Å²) in [7, 11) is 0. The van der Waals surface area contributed by atoms with E-state index in [4.69, 9.17) is 16.3 Å². The lowest BCUT2D eigenvalue weighted by molar-refractivity contribution is -0.119. The van der Waals surface area contributed by atoms with Crippen molar-refractivity contribution in [1.29, 1.82) is 0 Å². The zero-order chi connectivity index (χ0) is 14.0. The van der Waals surface area contributed by atoms with Gasteiger partial charge >= 0.3 is 0 Å². The maximum absolute atomic E-state index is 11.2. The minimum Gasteiger partial charge on any atom is -0.492 e. The van der Waals surface area contributed by atoms with Crippen LogP contribution in [0.25, 0.3) is 0 Å². The van der Waals surface area contributed by atoms with Gasteiger partial charge in [-0.3, -0.25) is 4.79 Å². The summed E-state index contributed by atoms with van der Waals surface area (Å²) < 4.78 is 5.57. The lowest BCUT2D eigenvalue weighted by Crippen LogP contribution is -2.30. The number of fused-ring (bicyclic) bond motifs is 1. The Morgan fingerprint density at radius 2 is 2.37 bits per heavy atom. The van der Waals surface area contributed by atoms with E-state index in [1.807, 2.05) is 13.0 Å². The number of carbonyl (C=O) groups is 1. The summed E-state index contributed by atoms with van der Waals surface area (Å²) >= 11 is 6.20. The topological polar surface area (TPSA) is 58.6 Å². The monoisotopic (exact) mass is 283 g/mol. The van der Waals surface area contributed by atoms with Crippen molar-refractivity contribution in [2.75, 3.05) is 6.61 Å². The molecule has 5 heteroatoms. The molecule has 1 aromatic carbocycles. The van der Waals surface area contributed by atoms with E-state index in [1.54, 1.807) is 6.07 Å². The molecule has 0 fully saturated rings. The van der Waals surface area contributed by atoms with Crippen LogP contribution < -0.4 is 10.1 Å². The molecule has 0 saturated carbocycles. The number of benzene rings is 1. The molecule has 19 heavy (non-hydrogen) atoms. The summed E-state index contributed by atoms with van der Waals surface area (Å²) in [6.07, 6.45) is 0.762. The van der Waals surface area contributed by atoms with Gasteiger partial charge in [0.2, 0.25) is 5.91 Å². The molecule has 1 aliphatic rings. The van der Waals surface area contributed by atoms with Crippen molar-refractivity contribution in [3.63, 3.8) is 0 Å². The number of carbonyl (C=O) groups excluding carboxylic acids is 1. The molecule has 1 amide bonds. The van der Waals surface area contributed by atoms with Gasteiger partial charge in [0.25, 0.3) is 0 Å². The number of rotatable bonds is 3. The van der Waals surface area contributed by atoms with Crippen LogP contribution in [0.2, 0.25) is 5.02 Å². The van der Waals surface area contributed by atoms with Gasteiger partial charge in [-0.2, -0.15) is 0 Å². The van der Waals surface area contributed by atoms with Crippen LogP contribution in [0.4, 0.5) is 0 Å². The van der Waals surface area contributed by atoms with Crippen LogP contribution in [0.5, 0.6) is 5.75 Å². The van der Waals surface area contributed by atoms with Gasteiger partial charge in [-0.1, -0.05) is 18.5 Å². The number of aliphatic hydroxyl groups excluding tert-OH is 1. The zero-order valence-electron chi connectivity index (χ0n) is 11.1. The molecular weight excluding hydrogens is 266 g/mol. The van der Waals surface area contributed by atoms with Gasteiger partial charge in [-0.15, -0.1) is 0 Å². The minimum atomic E-state index is -0.553. The molecule has 1 aliphatic heterocycles. The third kappa shape index (κ3) is 3.01. The lowest BCUT2D eigenvalue weighted by Gasteiger charge is -2.28. The van der Waals surface area contributed by atoms with Crippen molar-refractivity contribution in [3.8, 4) is 5.75 Å². The molecule has 104 valence electrons. The molecule has 4 nitrogen and oxygen atoms in total. The largest absolute Gasteiger partial charge is 0.492 e. The van der Waals surface area contributed by atoms with E-state index in [9.17, 15) is 9.90 Å². The van der Waals surface area contributed by atoms with Gasteiger partial charge in [0.05, 0.1) is 23.8 Å². The molecule has 0 bridgehead atoms. The summed E-state index contributed by atoms with van der Waals surface area (Å²) in [5, 5.41) is 13.3. The third-order valence-electron chi connectivity index (χ3n) is 3.27. The summed E-state index contributed by atoms with van der Waals surface area (Å²) in [4.78, 5) is 11.2. The molecule has 2 N–H and O–H groups in total. The predicted molar refractivity (Wildman–Crippen MR) is 73.4 cm³/mol. The molecule has 2 atom stereocenters. The first-order valence-corrected chi connectivity index (χ1v) is 6.82. The number of ether oxygens (including phenoxy) is 1. The van der Waals surface area contributed by atoms with Crippen LogP contribution in [-0.2, 0) is 4.79 Å². The average molecular weight is 284 g/mol. The summed E-state index contributed by atoms with van der Waals surface area (Å²) in [5.41, 5.74) is 1.60. The summed E-state index contributed by atoms with van der Waals surface area (Å²) in [6, 6.07) is 3.49. The average Bonchev–Trinajstić information content (AvgIpc) is 2.38. The number of halogens is 1. The van der Waals surface area contributed by atoms with E-state index in [2.05, 4.69) is 5.32 Å². The van der Waals surface area contributed by atoms with Crippen LogP contribution in [-0.4, -0.2) is 17.6 Å². The highest BCUT2D eigenvalue weighted by molar-refractivity contribution is 6.32. The van der Waals surface area contributed by atoms with Crippen LogP contribution in [0, 0.1) is 0 Å². The maximum atomic E-state index is 11.2. The van der Waals surface area contributed by atoms with E-state index in [0.29, 0.717) is 30.2 Å². The molecule has 0 radical (unpaired) electrons.